The quantitative estimate of drug-likeness (QED) is 0.829. The molecular weight excluding hydrogens is 258 g/mol. The molecule has 0 saturated carbocycles. The number of nitriles is 1. The van der Waals surface area contributed by atoms with Gasteiger partial charge in [-0.1, -0.05) is 55.5 Å². The van der Waals surface area contributed by atoms with Crippen LogP contribution >= 0.6 is 0 Å². The summed E-state index contributed by atoms with van der Waals surface area (Å²) in [4.78, 5) is 12.4. The molecule has 0 fully saturated rings. The van der Waals surface area contributed by atoms with Gasteiger partial charge in [-0.15, -0.1) is 0 Å². The summed E-state index contributed by atoms with van der Waals surface area (Å²) in [7, 11) is 0. The molecule has 2 aromatic carbocycles. The van der Waals surface area contributed by atoms with Gasteiger partial charge >= 0.3 is 0 Å². The number of hydrogen-bond acceptors (Lipinski definition) is 2. The summed E-state index contributed by atoms with van der Waals surface area (Å²) in [6.07, 6.45) is 1.26. The molecular formula is C19H19NO. The van der Waals surface area contributed by atoms with Crippen molar-refractivity contribution in [2.45, 2.75) is 32.6 Å². The van der Waals surface area contributed by atoms with Crippen molar-refractivity contribution < 1.29 is 4.79 Å². The number of Topliss-reactive ketones (excluding diaryl/α,β-unsaturated/α-hetero) is 1. The normalized spacial score (nSPS) is 11.7. The van der Waals surface area contributed by atoms with Gasteiger partial charge in [-0.25, -0.2) is 0 Å². The molecule has 0 aromatic heterocycles. The number of hydrogen-bond donors (Lipinski definition) is 0. The van der Waals surface area contributed by atoms with Crippen LogP contribution in [0.2, 0.25) is 0 Å². The summed E-state index contributed by atoms with van der Waals surface area (Å²) in [5.74, 6) is -0.734. The van der Waals surface area contributed by atoms with Crippen LogP contribution in [-0.4, -0.2) is 5.78 Å². The third kappa shape index (κ3) is 3.58. The molecule has 2 rings (SSSR count). The van der Waals surface area contributed by atoms with Gasteiger partial charge in [0.15, 0.2) is 5.78 Å². The van der Waals surface area contributed by atoms with Crippen molar-refractivity contribution in [2.24, 2.45) is 0 Å². The molecule has 2 aromatic rings. The van der Waals surface area contributed by atoms with Gasteiger partial charge in [0.05, 0.1) is 6.07 Å². The van der Waals surface area contributed by atoms with Crippen molar-refractivity contribution in [1.29, 1.82) is 5.26 Å². The first-order valence-electron chi connectivity index (χ1n) is 7.21. The highest BCUT2D eigenvalue weighted by Gasteiger charge is 2.20. The second-order valence-corrected chi connectivity index (χ2v) is 5.23. The van der Waals surface area contributed by atoms with Gasteiger partial charge in [-0.3, -0.25) is 4.79 Å². The fraction of sp³-hybridized carbons (Fsp3) is 0.263. The third-order valence-corrected chi connectivity index (χ3v) is 3.75. The van der Waals surface area contributed by atoms with Crippen LogP contribution in [0.5, 0.6) is 0 Å². The van der Waals surface area contributed by atoms with E-state index in [1.54, 1.807) is 0 Å². The minimum Gasteiger partial charge on any atom is -0.297 e. The monoisotopic (exact) mass is 277 g/mol. The van der Waals surface area contributed by atoms with Crippen LogP contribution in [0.1, 0.15) is 35.1 Å². The van der Waals surface area contributed by atoms with Crippen molar-refractivity contribution in [3.63, 3.8) is 0 Å². The van der Waals surface area contributed by atoms with Gasteiger partial charge in [-0.05, 0) is 35.6 Å². The summed E-state index contributed by atoms with van der Waals surface area (Å²) < 4.78 is 0. The summed E-state index contributed by atoms with van der Waals surface area (Å²) in [5.41, 5.74) is 4.14. The van der Waals surface area contributed by atoms with E-state index < -0.39 is 5.92 Å². The second kappa shape index (κ2) is 6.85. The molecule has 1 atom stereocenters. The van der Waals surface area contributed by atoms with Gasteiger partial charge in [-0.2, -0.15) is 5.26 Å². The number of benzene rings is 2. The van der Waals surface area contributed by atoms with Crippen LogP contribution < -0.4 is 0 Å². The van der Waals surface area contributed by atoms with E-state index in [0.29, 0.717) is 6.42 Å². The third-order valence-electron chi connectivity index (χ3n) is 3.75. The first-order chi connectivity index (χ1) is 10.2. The predicted octanol–water partition coefficient (Wildman–Crippen LogP) is 3.98. The number of carbonyl (C=O) groups excluding carboxylic acids is 1. The van der Waals surface area contributed by atoms with Gasteiger partial charge in [0.2, 0.25) is 0 Å². The van der Waals surface area contributed by atoms with E-state index in [-0.39, 0.29) is 5.78 Å². The number of carbonyl (C=O) groups is 1. The van der Waals surface area contributed by atoms with Gasteiger partial charge in [0.1, 0.15) is 5.92 Å². The summed E-state index contributed by atoms with van der Waals surface area (Å²) in [5, 5.41) is 9.37. The number of nitrogens with zero attached hydrogens (tertiary/aromatic N) is 1. The summed E-state index contributed by atoms with van der Waals surface area (Å²) in [6, 6.07) is 17.6. The maximum absolute atomic E-state index is 12.4. The lowest BCUT2D eigenvalue weighted by molar-refractivity contribution is -0.118. The molecule has 21 heavy (non-hydrogen) atoms. The highest BCUT2D eigenvalue weighted by molar-refractivity contribution is 5.90. The molecule has 0 amide bonds. The Morgan fingerprint density at radius 1 is 1.19 bits per heavy atom. The molecule has 0 heterocycles. The zero-order valence-corrected chi connectivity index (χ0v) is 12.5. The maximum atomic E-state index is 12.4. The van der Waals surface area contributed by atoms with E-state index in [1.807, 2.05) is 55.5 Å². The Bertz CT molecular complexity index is 668. The first kappa shape index (κ1) is 15.0. The predicted molar refractivity (Wildman–Crippen MR) is 84.1 cm³/mol. The molecule has 0 bridgehead atoms. The van der Waals surface area contributed by atoms with Crippen LogP contribution in [0.25, 0.3) is 0 Å². The molecule has 0 aliphatic heterocycles. The fourth-order valence-corrected chi connectivity index (χ4v) is 2.53. The maximum Gasteiger partial charge on any atom is 0.158 e. The molecule has 0 aliphatic rings. The van der Waals surface area contributed by atoms with E-state index in [2.05, 4.69) is 13.0 Å². The highest BCUT2D eigenvalue weighted by Crippen LogP contribution is 2.21. The Kier molecular flexibility index (Phi) is 4.90. The van der Waals surface area contributed by atoms with Crippen molar-refractivity contribution in [3.05, 3.63) is 70.8 Å². The minimum absolute atomic E-state index is 0.0488. The Hall–Kier alpha value is -2.40. The van der Waals surface area contributed by atoms with Crippen LogP contribution in [0.4, 0.5) is 0 Å². The van der Waals surface area contributed by atoms with Crippen molar-refractivity contribution in [3.8, 4) is 6.07 Å². The lowest BCUT2D eigenvalue weighted by atomic mass is 9.90. The first-order valence-corrected chi connectivity index (χ1v) is 7.21. The molecule has 106 valence electrons. The lowest BCUT2D eigenvalue weighted by Gasteiger charge is -2.11. The largest absolute Gasteiger partial charge is 0.297 e. The molecule has 1 unspecified atom stereocenters. The summed E-state index contributed by atoms with van der Waals surface area (Å²) in [6.45, 7) is 4.13. The van der Waals surface area contributed by atoms with E-state index in [0.717, 1.165) is 23.1 Å². The summed E-state index contributed by atoms with van der Waals surface area (Å²) >= 11 is 0. The average molecular weight is 277 g/mol. The Balaban J connectivity index is 2.21. The smallest absolute Gasteiger partial charge is 0.158 e. The number of rotatable bonds is 5. The number of aryl methyl sites for hydroxylation is 2. The standard InChI is InChI=1S/C19H19NO/c1-3-16-9-10-17(11-14(16)2)18(13-20)19(21)12-15-7-5-4-6-8-15/h4-11,18H,3,12H2,1-2H3. The number of ketones is 1. The lowest BCUT2D eigenvalue weighted by Crippen LogP contribution is -2.14. The highest BCUT2D eigenvalue weighted by atomic mass is 16.1. The molecule has 2 nitrogen and oxygen atoms in total. The zero-order chi connectivity index (χ0) is 15.2. The molecule has 2 heteroatoms. The zero-order valence-electron chi connectivity index (χ0n) is 12.5. The molecule has 0 saturated heterocycles. The van der Waals surface area contributed by atoms with E-state index in [4.69, 9.17) is 0 Å². The Labute approximate surface area is 126 Å². The average Bonchev–Trinajstić information content (AvgIpc) is 2.49. The van der Waals surface area contributed by atoms with Crippen molar-refractivity contribution in [2.75, 3.05) is 0 Å². The van der Waals surface area contributed by atoms with Crippen molar-refractivity contribution >= 4 is 5.78 Å². The Morgan fingerprint density at radius 2 is 1.90 bits per heavy atom. The molecule has 0 spiro atoms. The van der Waals surface area contributed by atoms with Crippen LogP contribution in [0.15, 0.2) is 48.5 Å². The van der Waals surface area contributed by atoms with E-state index in [1.165, 1.54) is 5.56 Å². The SMILES string of the molecule is CCc1ccc(C(C#N)C(=O)Cc2ccccc2)cc1C. The van der Waals surface area contributed by atoms with Crippen LogP contribution in [0.3, 0.4) is 0 Å². The molecule has 0 N–H and O–H groups in total. The van der Waals surface area contributed by atoms with Crippen molar-refractivity contribution in [1.82, 2.24) is 0 Å². The fourth-order valence-electron chi connectivity index (χ4n) is 2.53. The topological polar surface area (TPSA) is 40.9 Å². The molecule has 0 aliphatic carbocycles. The Morgan fingerprint density at radius 3 is 2.48 bits per heavy atom. The van der Waals surface area contributed by atoms with Crippen LogP contribution in [0, 0.1) is 18.3 Å². The van der Waals surface area contributed by atoms with Crippen LogP contribution in [-0.2, 0) is 17.6 Å². The van der Waals surface area contributed by atoms with Gasteiger partial charge in [0, 0.05) is 6.42 Å². The van der Waals surface area contributed by atoms with Gasteiger partial charge in [0.25, 0.3) is 0 Å². The van der Waals surface area contributed by atoms with E-state index in [9.17, 15) is 10.1 Å². The van der Waals surface area contributed by atoms with Gasteiger partial charge < -0.3 is 0 Å². The van der Waals surface area contributed by atoms with E-state index >= 15 is 0 Å². The molecule has 0 radical (unpaired) electrons. The second-order valence-electron chi connectivity index (χ2n) is 5.23. The minimum atomic E-state index is -0.685.